The van der Waals surface area contributed by atoms with Crippen LogP contribution in [0.15, 0.2) is 24.3 Å². The standard InChI is InChI=1S/C18H25F2N3O3/c1-2-3-8-21-16(24)13-22-9-11-23(12-10-22)17(25)14-6-4-5-7-15(14)26-18(19)20/h4-7,18H,2-3,8-13H2,1H3,(H,21,24). The molecule has 0 bridgehead atoms. The predicted molar refractivity (Wildman–Crippen MR) is 93.3 cm³/mol. The summed E-state index contributed by atoms with van der Waals surface area (Å²) >= 11 is 0. The molecule has 26 heavy (non-hydrogen) atoms. The lowest BCUT2D eigenvalue weighted by Gasteiger charge is -2.34. The van der Waals surface area contributed by atoms with Gasteiger partial charge in [-0.25, -0.2) is 0 Å². The van der Waals surface area contributed by atoms with Gasteiger partial charge in [0.1, 0.15) is 5.75 Å². The lowest BCUT2D eigenvalue weighted by atomic mass is 10.1. The van der Waals surface area contributed by atoms with Crippen LogP contribution in [0.25, 0.3) is 0 Å². The van der Waals surface area contributed by atoms with Crippen LogP contribution in [0.5, 0.6) is 5.75 Å². The molecule has 0 radical (unpaired) electrons. The first kappa shape index (κ1) is 20.1. The van der Waals surface area contributed by atoms with Gasteiger partial charge in [-0.2, -0.15) is 8.78 Å². The highest BCUT2D eigenvalue weighted by atomic mass is 19.3. The lowest BCUT2D eigenvalue weighted by molar-refractivity contribution is -0.122. The van der Waals surface area contributed by atoms with Gasteiger partial charge in [-0.1, -0.05) is 25.5 Å². The summed E-state index contributed by atoms with van der Waals surface area (Å²) < 4.78 is 29.4. The molecule has 2 amide bonds. The predicted octanol–water partition coefficient (Wildman–Crippen LogP) is 1.96. The quantitative estimate of drug-likeness (QED) is 0.712. The molecular weight excluding hydrogens is 344 g/mol. The molecule has 1 aliphatic heterocycles. The van der Waals surface area contributed by atoms with Gasteiger partial charge in [0.05, 0.1) is 12.1 Å². The van der Waals surface area contributed by atoms with Crippen molar-refractivity contribution in [3.05, 3.63) is 29.8 Å². The van der Waals surface area contributed by atoms with Crippen LogP contribution >= 0.6 is 0 Å². The Morgan fingerprint density at radius 1 is 1.19 bits per heavy atom. The number of carbonyl (C=O) groups is 2. The van der Waals surface area contributed by atoms with E-state index in [4.69, 9.17) is 0 Å². The van der Waals surface area contributed by atoms with Crippen LogP contribution in [-0.2, 0) is 4.79 Å². The van der Waals surface area contributed by atoms with Crippen LogP contribution in [0.4, 0.5) is 8.78 Å². The van der Waals surface area contributed by atoms with Gasteiger partial charge >= 0.3 is 6.61 Å². The number of piperazine rings is 1. The van der Waals surface area contributed by atoms with Crippen molar-refractivity contribution in [1.29, 1.82) is 0 Å². The highest BCUT2D eigenvalue weighted by Crippen LogP contribution is 2.22. The number of amides is 2. The number of nitrogens with one attached hydrogen (secondary N) is 1. The van der Waals surface area contributed by atoms with Crippen LogP contribution in [-0.4, -0.2) is 67.5 Å². The fourth-order valence-corrected chi connectivity index (χ4v) is 2.79. The average Bonchev–Trinajstić information content (AvgIpc) is 2.62. The molecule has 1 N–H and O–H groups in total. The number of hydrogen-bond acceptors (Lipinski definition) is 4. The topological polar surface area (TPSA) is 61.9 Å². The molecule has 0 aromatic heterocycles. The van der Waals surface area contributed by atoms with Gasteiger partial charge in [-0.05, 0) is 18.6 Å². The Hall–Kier alpha value is -2.22. The first-order valence-corrected chi connectivity index (χ1v) is 8.83. The Labute approximate surface area is 152 Å². The summed E-state index contributed by atoms with van der Waals surface area (Å²) in [6.07, 6.45) is 1.98. The van der Waals surface area contributed by atoms with Gasteiger partial charge in [0.25, 0.3) is 5.91 Å². The van der Waals surface area contributed by atoms with Gasteiger partial charge < -0.3 is 15.0 Å². The minimum atomic E-state index is -2.98. The van der Waals surface area contributed by atoms with Crippen molar-refractivity contribution in [2.24, 2.45) is 0 Å². The van der Waals surface area contributed by atoms with Crippen molar-refractivity contribution < 1.29 is 23.1 Å². The normalized spacial score (nSPS) is 15.2. The van der Waals surface area contributed by atoms with Crippen LogP contribution in [0.3, 0.4) is 0 Å². The summed E-state index contributed by atoms with van der Waals surface area (Å²) in [5.74, 6) is -0.479. The Kier molecular flexibility index (Phi) is 7.77. The van der Waals surface area contributed by atoms with E-state index in [0.29, 0.717) is 39.3 Å². The van der Waals surface area contributed by atoms with Crippen molar-refractivity contribution in [2.45, 2.75) is 26.4 Å². The zero-order valence-corrected chi connectivity index (χ0v) is 14.9. The van der Waals surface area contributed by atoms with E-state index in [1.807, 2.05) is 4.90 Å². The average molecular weight is 369 g/mol. The van der Waals surface area contributed by atoms with Crippen molar-refractivity contribution in [2.75, 3.05) is 39.3 Å². The molecule has 0 saturated carbocycles. The summed E-state index contributed by atoms with van der Waals surface area (Å²) in [5, 5.41) is 2.87. The van der Waals surface area contributed by atoms with E-state index in [2.05, 4.69) is 17.0 Å². The number of unbranched alkanes of at least 4 members (excludes halogenated alkanes) is 1. The molecule has 1 aromatic rings. The second kappa shape index (κ2) is 10.1. The molecule has 1 fully saturated rings. The van der Waals surface area contributed by atoms with Crippen molar-refractivity contribution in [3.63, 3.8) is 0 Å². The second-order valence-corrected chi connectivity index (χ2v) is 6.15. The molecule has 144 valence electrons. The number of carbonyl (C=O) groups excluding carboxylic acids is 2. The SMILES string of the molecule is CCCCNC(=O)CN1CCN(C(=O)c2ccccc2OC(F)F)CC1. The molecule has 2 rings (SSSR count). The van der Waals surface area contributed by atoms with Gasteiger partial charge in [0.15, 0.2) is 0 Å². The monoisotopic (exact) mass is 369 g/mol. The zero-order chi connectivity index (χ0) is 18.9. The number of alkyl halides is 2. The molecule has 0 aliphatic carbocycles. The second-order valence-electron chi connectivity index (χ2n) is 6.15. The molecule has 1 heterocycles. The minimum Gasteiger partial charge on any atom is -0.434 e. The van der Waals surface area contributed by atoms with Crippen molar-refractivity contribution >= 4 is 11.8 Å². The smallest absolute Gasteiger partial charge is 0.387 e. The van der Waals surface area contributed by atoms with E-state index in [0.717, 1.165) is 12.8 Å². The third kappa shape index (κ3) is 5.94. The number of nitrogens with zero attached hydrogens (tertiary/aromatic N) is 2. The molecular formula is C18H25F2N3O3. The highest BCUT2D eigenvalue weighted by Gasteiger charge is 2.25. The summed E-state index contributed by atoms with van der Waals surface area (Å²) in [6, 6.07) is 6.00. The molecule has 1 saturated heterocycles. The Morgan fingerprint density at radius 2 is 1.88 bits per heavy atom. The number of halogens is 2. The van der Waals surface area contributed by atoms with Crippen molar-refractivity contribution in [3.8, 4) is 5.75 Å². The van der Waals surface area contributed by atoms with E-state index >= 15 is 0 Å². The van der Waals surface area contributed by atoms with Crippen LogP contribution in [0, 0.1) is 0 Å². The number of ether oxygens (including phenoxy) is 1. The van der Waals surface area contributed by atoms with Gasteiger partial charge in [-0.3, -0.25) is 14.5 Å². The van der Waals surface area contributed by atoms with Gasteiger partial charge in [0, 0.05) is 32.7 Å². The van der Waals surface area contributed by atoms with E-state index in [1.54, 1.807) is 17.0 Å². The van der Waals surface area contributed by atoms with Crippen LogP contribution in [0.1, 0.15) is 30.1 Å². The highest BCUT2D eigenvalue weighted by molar-refractivity contribution is 5.97. The first-order chi connectivity index (χ1) is 12.5. The van der Waals surface area contributed by atoms with E-state index in [-0.39, 0.29) is 23.1 Å². The maximum absolute atomic E-state index is 12.6. The van der Waals surface area contributed by atoms with Gasteiger partial charge in [0.2, 0.25) is 5.91 Å². The third-order valence-electron chi connectivity index (χ3n) is 4.21. The van der Waals surface area contributed by atoms with E-state index in [1.165, 1.54) is 12.1 Å². The number of hydrogen-bond donors (Lipinski definition) is 1. The fourth-order valence-electron chi connectivity index (χ4n) is 2.79. The summed E-state index contributed by atoms with van der Waals surface area (Å²) in [5.41, 5.74) is 0.124. The zero-order valence-electron chi connectivity index (χ0n) is 14.9. The molecule has 1 aliphatic rings. The largest absolute Gasteiger partial charge is 0.434 e. The summed E-state index contributed by atoms with van der Waals surface area (Å²) in [4.78, 5) is 28.0. The van der Waals surface area contributed by atoms with Gasteiger partial charge in [-0.15, -0.1) is 0 Å². The molecule has 6 nitrogen and oxygen atoms in total. The first-order valence-electron chi connectivity index (χ1n) is 8.83. The van der Waals surface area contributed by atoms with E-state index < -0.39 is 6.61 Å². The van der Waals surface area contributed by atoms with Crippen LogP contribution in [0.2, 0.25) is 0 Å². The number of benzene rings is 1. The summed E-state index contributed by atoms with van der Waals surface area (Å²) in [7, 11) is 0. The Bertz CT molecular complexity index is 605. The lowest BCUT2D eigenvalue weighted by Crippen LogP contribution is -2.51. The third-order valence-corrected chi connectivity index (χ3v) is 4.21. The van der Waals surface area contributed by atoms with E-state index in [9.17, 15) is 18.4 Å². The Morgan fingerprint density at radius 3 is 2.54 bits per heavy atom. The molecule has 8 heteroatoms. The number of para-hydroxylation sites is 1. The molecule has 1 aromatic carbocycles. The number of rotatable bonds is 8. The van der Waals surface area contributed by atoms with Crippen molar-refractivity contribution in [1.82, 2.24) is 15.1 Å². The fraction of sp³-hybridized carbons (Fsp3) is 0.556. The maximum atomic E-state index is 12.6. The molecule has 0 unspecified atom stereocenters. The molecule has 0 atom stereocenters. The minimum absolute atomic E-state index is 0.0195. The van der Waals surface area contributed by atoms with Crippen LogP contribution < -0.4 is 10.1 Å². The Balaban J connectivity index is 1.86. The maximum Gasteiger partial charge on any atom is 0.387 e. The molecule has 0 spiro atoms. The summed E-state index contributed by atoms with van der Waals surface area (Å²) in [6.45, 7) is 2.05.